The number of nitrogen functional groups attached to an aromatic ring is 1. The van der Waals surface area contributed by atoms with Crippen LogP contribution in [-0.4, -0.2) is 43.2 Å². The number of nitrogens with two attached hydrogens (primary N) is 1. The third-order valence-electron chi connectivity index (χ3n) is 7.56. The fraction of sp³-hybridized carbons (Fsp3) is 0.300. The number of fused-ring (bicyclic) bond motifs is 1. The monoisotopic (exact) mass is 579 g/mol. The molecule has 3 aromatic carbocycles. The third kappa shape index (κ3) is 5.74. The number of hydrogen-bond donors (Lipinski definition) is 2. The summed E-state index contributed by atoms with van der Waals surface area (Å²) in [4.78, 5) is 25.3. The van der Waals surface area contributed by atoms with Crippen LogP contribution in [0.25, 0.3) is 10.9 Å². The highest BCUT2D eigenvalue weighted by molar-refractivity contribution is 6.31. The Balaban J connectivity index is 1.39. The molecule has 208 valence electrons. The maximum atomic E-state index is 13.8. The number of amides is 1. The van der Waals surface area contributed by atoms with E-state index in [2.05, 4.69) is 15.2 Å². The number of benzene rings is 3. The smallest absolute Gasteiger partial charge is 0.227 e. The lowest BCUT2D eigenvalue weighted by molar-refractivity contribution is -0.132. The molecule has 0 aliphatic carbocycles. The Morgan fingerprint density at radius 1 is 1.00 bits per heavy atom. The number of carbonyl (C=O) groups is 1. The summed E-state index contributed by atoms with van der Waals surface area (Å²) >= 11 is 12.5. The Kier molecular flexibility index (Phi) is 8.19. The van der Waals surface area contributed by atoms with E-state index in [1.54, 1.807) is 26.4 Å². The molecule has 3 N–H and O–H groups in total. The van der Waals surface area contributed by atoms with Crippen molar-refractivity contribution in [1.82, 2.24) is 15.3 Å². The first-order valence-electron chi connectivity index (χ1n) is 13.0. The van der Waals surface area contributed by atoms with Gasteiger partial charge in [-0.05, 0) is 54.7 Å². The van der Waals surface area contributed by atoms with Crippen molar-refractivity contribution in [3.63, 3.8) is 0 Å². The number of anilines is 2. The molecule has 0 bridgehead atoms. The summed E-state index contributed by atoms with van der Waals surface area (Å²) in [6.07, 6.45) is 1.80. The third-order valence-corrected chi connectivity index (χ3v) is 8.18. The highest BCUT2D eigenvalue weighted by Crippen LogP contribution is 2.39. The minimum Gasteiger partial charge on any atom is -0.493 e. The summed E-state index contributed by atoms with van der Waals surface area (Å²) in [6, 6.07) is 18.8. The molecule has 0 atom stereocenters. The van der Waals surface area contributed by atoms with Crippen molar-refractivity contribution in [3.8, 4) is 11.5 Å². The molecule has 10 heteroatoms. The van der Waals surface area contributed by atoms with Crippen molar-refractivity contribution in [2.75, 3.05) is 37.9 Å². The molecule has 0 radical (unpaired) electrons. The van der Waals surface area contributed by atoms with E-state index in [4.69, 9.17) is 43.4 Å². The van der Waals surface area contributed by atoms with Crippen LogP contribution in [-0.2, 0) is 17.8 Å². The van der Waals surface area contributed by atoms with Crippen LogP contribution in [0.4, 0.5) is 11.8 Å². The highest BCUT2D eigenvalue weighted by atomic mass is 35.5. The van der Waals surface area contributed by atoms with Gasteiger partial charge in [0.1, 0.15) is 5.82 Å². The second-order valence-electron chi connectivity index (χ2n) is 9.98. The van der Waals surface area contributed by atoms with Gasteiger partial charge in [0, 0.05) is 41.1 Å². The number of rotatable bonds is 8. The number of carbonyl (C=O) groups excluding carboxylic acids is 1. The van der Waals surface area contributed by atoms with Crippen LogP contribution in [0.15, 0.2) is 60.7 Å². The van der Waals surface area contributed by atoms with E-state index in [9.17, 15) is 4.79 Å². The average Bonchev–Trinajstić information content (AvgIpc) is 2.97. The van der Waals surface area contributed by atoms with Gasteiger partial charge in [-0.3, -0.25) is 4.79 Å². The maximum Gasteiger partial charge on any atom is 0.227 e. The van der Waals surface area contributed by atoms with Gasteiger partial charge in [0.2, 0.25) is 11.9 Å². The fourth-order valence-corrected chi connectivity index (χ4v) is 5.55. The number of nitrogens with one attached hydrogen (secondary N) is 1. The first-order valence-corrected chi connectivity index (χ1v) is 13.8. The molecular formula is C30H31Cl2N5O3. The molecule has 1 amide bonds. The first-order chi connectivity index (χ1) is 19.3. The Morgan fingerprint density at radius 3 is 2.35 bits per heavy atom. The van der Waals surface area contributed by atoms with E-state index in [-0.39, 0.29) is 5.91 Å². The highest BCUT2D eigenvalue weighted by Gasteiger charge is 2.42. The summed E-state index contributed by atoms with van der Waals surface area (Å²) in [5.74, 6) is 2.00. The van der Waals surface area contributed by atoms with Crippen molar-refractivity contribution >= 4 is 51.8 Å². The van der Waals surface area contributed by atoms with Crippen LogP contribution in [0, 0.1) is 5.41 Å². The second-order valence-corrected chi connectivity index (χ2v) is 10.8. The van der Waals surface area contributed by atoms with Crippen LogP contribution in [0.3, 0.4) is 0 Å². The zero-order chi connectivity index (χ0) is 28.3. The van der Waals surface area contributed by atoms with Crippen molar-refractivity contribution in [1.29, 1.82) is 0 Å². The molecule has 0 saturated carbocycles. The predicted octanol–water partition coefficient (Wildman–Crippen LogP) is 5.68. The maximum absolute atomic E-state index is 13.8. The molecule has 4 aromatic rings. The Morgan fingerprint density at radius 2 is 1.68 bits per heavy atom. The number of piperidine rings is 1. The normalized spacial score (nSPS) is 14.7. The van der Waals surface area contributed by atoms with Crippen molar-refractivity contribution in [2.24, 2.45) is 5.41 Å². The fourth-order valence-electron chi connectivity index (χ4n) is 5.22. The van der Waals surface area contributed by atoms with E-state index in [1.165, 1.54) is 0 Å². The first kappa shape index (κ1) is 27.8. The molecule has 40 heavy (non-hydrogen) atoms. The molecule has 1 aliphatic rings. The van der Waals surface area contributed by atoms with Gasteiger partial charge < -0.3 is 25.4 Å². The zero-order valence-corrected chi connectivity index (χ0v) is 23.9. The van der Waals surface area contributed by atoms with Crippen LogP contribution < -0.4 is 25.4 Å². The van der Waals surface area contributed by atoms with Crippen LogP contribution >= 0.6 is 23.2 Å². The molecule has 2 heterocycles. The van der Waals surface area contributed by atoms with Gasteiger partial charge in [0.25, 0.3) is 0 Å². The van der Waals surface area contributed by atoms with Crippen LogP contribution in [0.1, 0.15) is 24.0 Å². The number of hydrogen-bond acceptors (Lipinski definition) is 7. The number of methoxy groups -OCH3 is 2. The van der Waals surface area contributed by atoms with Gasteiger partial charge in [-0.2, -0.15) is 4.98 Å². The van der Waals surface area contributed by atoms with Crippen LogP contribution in [0.2, 0.25) is 10.0 Å². The van der Waals surface area contributed by atoms with Crippen LogP contribution in [0.5, 0.6) is 11.5 Å². The van der Waals surface area contributed by atoms with Crippen molar-refractivity contribution in [3.05, 3.63) is 81.8 Å². The van der Waals surface area contributed by atoms with Gasteiger partial charge in [-0.1, -0.05) is 53.5 Å². The van der Waals surface area contributed by atoms with Crippen molar-refractivity contribution < 1.29 is 14.3 Å². The number of nitrogens with zero attached hydrogens (tertiary/aromatic N) is 3. The van der Waals surface area contributed by atoms with Crippen molar-refractivity contribution in [2.45, 2.75) is 25.8 Å². The minimum absolute atomic E-state index is 0.00204. The summed E-state index contributed by atoms with van der Waals surface area (Å²) in [7, 11) is 3.15. The van der Waals surface area contributed by atoms with Gasteiger partial charge in [-0.15, -0.1) is 0 Å². The number of aromatic nitrogens is 2. The van der Waals surface area contributed by atoms with E-state index in [1.807, 2.05) is 48.5 Å². The molecule has 1 saturated heterocycles. The van der Waals surface area contributed by atoms with E-state index >= 15 is 0 Å². The Labute approximate surface area is 243 Å². The van der Waals surface area contributed by atoms with E-state index in [0.717, 1.165) is 11.1 Å². The molecule has 0 spiro atoms. The number of halogens is 2. The lowest BCUT2D eigenvalue weighted by Gasteiger charge is -2.41. The SMILES string of the molecule is COc1cc2nc(N3CCC(Cc4ccc(Cl)cc4)(C(=O)NCc4ccccc4Cl)CC3)nc(N)c2cc1OC. The average molecular weight is 581 g/mol. The molecule has 0 unspecified atom stereocenters. The predicted molar refractivity (Wildman–Crippen MR) is 159 cm³/mol. The summed E-state index contributed by atoms with van der Waals surface area (Å²) in [5.41, 5.74) is 8.32. The molecule has 5 rings (SSSR count). The lowest BCUT2D eigenvalue weighted by atomic mass is 9.73. The van der Waals surface area contributed by atoms with Gasteiger partial charge >= 0.3 is 0 Å². The Bertz CT molecular complexity index is 1520. The molecule has 1 aliphatic heterocycles. The van der Waals surface area contributed by atoms with Gasteiger partial charge in [0.05, 0.1) is 25.2 Å². The quantitative estimate of drug-likeness (QED) is 0.276. The Hall–Kier alpha value is -3.75. The standard InChI is InChI=1S/C30H31Cl2N5O3/c1-39-25-15-22-24(16-26(25)40-2)35-29(36-27(22)33)37-13-11-30(12-14-37,17-19-7-9-21(31)10-8-19)28(38)34-18-20-5-3-4-6-23(20)32/h3-10,15-16H,11-14,17-18H2,1-2H3,(H,34,38)(H2,33,35,36). The molecule has 1 fully saturated rings. The zero-order valence-electron chi connectivity index (χ0n) is 22.4. The van der Waals surface area contributed by atoms with E-state index < -0.39 is 5.41 Å². The lowest BCUT2D eigenvalue weighted by Crippen LogP contribution is -2.50. The molecule has 1 aromatic heterocycles. The van der Waals surface area contributed by atoms with Gasteiger partial charge in [0.15, 0.2) is 11.5 Å². The molecular weight excluding hydrogens is 549 g/mol. The summed E-state index contributed by atoms with van der Waals surface area (Å²) < 4.78 is 10.9. The second kappa shape index (κ2) is 11.8. The largest absolute Gasteiger partial charge is 0.493 e. The minimum atomic E-state index is -0.620. The summed E-state index contributed by atoms with van der Waals surface area (Å²) in [5, 5.41) is 5.13. The van der Waals surface area contributed by atoms with Gasteiger partial charge in [-0.25, -0.2) is 4.98 Å². The number of ether oxygens (including phenoxy) is 2. The van der Waals surface area contributed by atoms with E-state index in [0.29, 0.717) is 83.1 Å². The topological polar surface area (TPSA) is 103 Å². The summed E-state index contributed by atoms with van der Waals surface area (Å²) in [6.45, 7) is 1.54. The molecule has 8 nitrogen and oxygen atoms in total.